The third kappa shape index (κ3) is 10.9. The van der Waals surface area contributed by atoms with Crippen LogP contribution in [0.15, 0.2) is 158 Å². The Balaban J connectivity index is 0.00000392. The Bertz CT molecular complexity index is 3530. The molecule has 3 heterocycles. The van der Waals surface area contributed by atoms with E-state index >= 15 is 0 Å². The summed E-state index contributed by atoms with van der Waals surface area (Å²) in [6, 6.07) is 63.4. The molecule has 5 nitrogen and oxygen atoms in total. The summed E-state index contributed by atoms with van der Waals surface area (Å²) in [7, 11) is 0. The fraction of sp³-hybridized carbons (Fsp3) is 0.310. The van der Waals surface area contributed by atoms with E-state index in [0.717, 1.165) is 50.6 Å². The standard InChI is InChI=1S/C70H75N4O.CH3.Pt/c1-65(2,3)48-27-31-60-59(40-48)58-30-29-56(44-62(58)74(60)64-42-50(33-34-71-64)67(7,8)9)75-57-39-51(68(10,11)12)36-55(43-57)73-45-72(61-32-28-49(41-63(61)73)66(4,5)6)54-37-52(69(13,14)46-23-19-17-20-24-46)35-53(38-54)70(15,16)47-25-21-18-22-26-47;;/h17-42,45H,1-16H3;1H3;/q-3;-1;+4. The molecule has 9 aromatic rings. The number of aromatic nitrogens is 2. The summed E-state index contributed by atoms with van der Waals surface area (Å²) in [5, 5.41) is 2.27. The molecule has 2 aromatic heterocycles. The van der Waals surface area contributed by atoms with Crippen molar-refractivity contribution in [3.05, 3.63) is 229 Å². The number of hydrogen-bond donors (Lipinski definition) is 0. The minimum Gasteiger partial charge on any atom is -0.509 e. The monoisotopic (exact) mass is 1200 g/mol. The number of anilines is 4. The van der Waals surface area contributed by atoms with E-state index in [1.165, 1.54) is 44.3 Å². The number of ether oxygens (including phenoxy) is 1. The third-order valence-electron chi connectivity index (χ3n) is 15.8. The van der Waals surface area contributed by atoms with Gasteiger partial charge in [0.05, 0.1) is 0 Å². The van der Waals surface area contributed by atoms with E-state index in [0.29, 0.717) is 11.5 Å². The second kappa shape index (κ2) is 20.4. The van der Waals surface area contributed by atoms with Gasteiger partial charge in [0.1, 0.15) is 5.82 Å². The van der Waals surface area contributed by atoms with Crippen LogP contribution in [0, 0.1) is 26.2 Å². The van der Waals surface area contributed by atoms with Gasteiger partial charge in [-0.1, -0.05) is 201 Å². The van der Waals surface area contributed by atoms with E-state index in [9.17, 15) is 0 Å². The van der Waals surface area contributed by atoms with Gasteiger partial charge < -0.3 is 26.5 Å². The predicted molar refractivity (Wildman–Crippen MR) is 323 cm³/mol. The van der Waals surface area contributed by atoms with E-state index < -0.39 is 0 Å². The number of hydrogen-bond acceptors (Lipinski definition) is 4. The maximum atomic E-state index is 7.03. The third-order valence-corrected chi connectivity index (χ3v) is 15.8. The summed E-state index contributed by atoms with van der Waals surface area (Å²) >= 11 is 0. The Labute approximate surface area is 476 Å². The van der Waals surface area contributed by atoms with E-state index in [4.69, 9.17) is 9.72 Å². The van der Waals surface area contributed by atoms with Gasteiger partial charge in [-0.05, 0) is 108 Å². The van der Waals surface area contributed by atoms with Gasteiger partial charge in [-0.2, -0.15) is 6.07 Å². The molecular formula is C71H78N4OPt. The van der Waals surface area contributed by atoms with Crippen molar-refractivity contribution in [2.75, 3.05) is 9.80 Å². The van der Waals surface area contributed by atoms with Crippen LogP contribution in [0.25, 0.3) is 27.6 Å². The largest absolute Gasteiger partial charge is 4.00 e. The SMILES string of the molecule is CC(C)(C)c1cc(Oc2[c-]c3c(cc2)c2cc(C(C)(C)C)ccc2n3-c2cc(C(C)(C)C)ccn2)[c-]c(N2[CH-]N(c3cc(C(C)(C)c4ccccc4)cc(C(C)(C)c4ccccc4)c3)c3ccc(C(C)(C)C)cc32)c1.[CH3-].[Pt+4]. The number of fused-ring (bicyclic) bond motifs is 4. The number of pyridine rings is 1. The number of benzene rings is 7. The van der Waals surface area contributed by atoms with Crippen molar-refractivity contribution >= 4 is 44.6 Å². The van der Waals surface area contributed by atoms with E-state index in [2.05, 4.69) is 296 Å². The molecule has 1 aliphatic rings. The molecule has 0 amide bonds. The smallest absolute Gasteiger partial charge is 0.509 e. The fourth-order valence-electron chi connectivity index (χ4n) is 10.5. The molecule has 0 unspecified atom stereocenters. The van der Waals surface area contributed by atoms with Crippen molar-refractivity contribution < 1.29 is 25.8 Å². The second-order valence-corrected chi connectivity index (χ2v) is 26.1. The quantitative estimate of drug-likeness (QED) is 0.135. The van der Waals surface area contributed by atoms with Crippen molar-refractivity contribution in [3.63, 3.8) is 0 Å². The van der Waals surface area contributed by atoms with Crippen LogP contribution >= 0.6 is 0 Å². The van der Waals surface area contributed by atoms with Crippen LogP contribution in [-0.2, 0) is 53.6 Å². The predicted octanol–water partition coefficient (Wildman–Crippen LogP) is 19.3. The van der Waals surface area contributed by atoms with Crippen LogP contribution in [0.1, 0.15) is 155 Å². The van der Waals surface area contributed by atoms with Crippen LogP contribution in [0.3, 0.4) is 0 Å². The second-order valence-electron chi connectivity index (χ2n) is 26.1. The molecule has 6 heteroatoms. The molecule has 0 radical (unpaired) electrons. The molecule has 0 bridgehead atoms. The topological polar surface area (TPSA) is 33.5 Å². The minimum absolute atomic E-state index is 0. The van der Waals surface area contributed by atoms with Gasteiger partial charge in [0.2, 0.25) is 0 Å². The fourth-order valence-corrected chi connectivity index (χ4v) is 10.5. The first-order chi connectivity index (χ1) is 35.2. The average molecular weight is 1200 g/mol. The van der Waals surface area contributed by atoms with Gasteiger partial charge >= 0.3 is 21.1 Å². The number of nitrogens with zero attached hydrogens (tertiary/aromatic N) is 4. The van der Waals surface area contributed by atoms with Crippen molar-refractivity contribution in [1.82, 2.24) is 9.55 Å². The van der Waals surface area contributed by atoms with E-state index in [1.54, 1.807) is 0 Å². The summed E-state index contributed by atoms with van der Waals surface area (Å²) in [6.45, 7) is 38.8. The maximum absolute atomic E-state index is 7.03. The maximum Gasteiger partial charge on any atom is 4.00 e. The number of rotatable bonds is 9. The normalized spacial score (nSPS) is 13.4. The molecule has 10 rings (SSSR count). The van der Waals surface area contributed by atoms with Crippen molar-refractivity contribution in [2.45, 2.75) is 143 Å². The Kier molecular flexibility index (Phi) is 15.1. The molecule has 0 aliphatic carbocycles. The van der Waals surface area contributed by atoms with Gasteiger partial charge in [0, 0.05) is 51.1 Å². The zero-order valence-electron chi connectivity index (χ0n) is 48.6. The van der Waals surface area contributed by atoms with Crippen LogP contribution in [0.2, 0.25) is 0 Å². The average Bonchev–Trinajstić information content (AvgIpc) is 4.01. The molecule has 1 aliphatic heterocycles. The minimum atomic E-state index is -0.283. The van der Waals surface area contributed by atoms with Crippen LogP contribution in [0.4, 0.5) is 22.7 Å². The molecule has 77 heavy (non-hydrogen) atoms. The van der Waals surface area contributed by atoms with Gasteiger partial charge in [-0.3, -0.25) is 0 Å². The van der Waals surface area contributed by atoms with Gasteiger partial charge in [-0.15, -0.1) is 53.6 Å². The Morgan fingerprint density at radius 1 is 0.429 bits per heavy atom. The molecule has 0 fully saturated rings. The van der Waals surface area contributed by atoms with E-state index in [-0.39, 0.29) is 61.0 Å². The molecule has 0 spiro atoms. The van der Waals surface area contributed by atoms with Crippen molar-refractivity contribution in [3.8, 4) is 17.3 Å². The zero-order valence-corrected chi connectivity index (χ0v) is 50.9. The summed E-state index contributed by atoms with van der Waals surface area (Å²) < 4.78 is 9.28. The van der Waals surface area contributed by atoms with E-state index in [1.807, 2.05) is 6.20 Å². The van der Waals surface area contributed by atoms with Crippen LogP contribution in [0.5, 0.6) is 11.5 Å². The van der Waals surface area contributed by atoms with Gasteiger partial charge in [-0.25, -0.2) is 4.98 Å². The van der Waals surface area contributed by atoms with Crippen LogP contribution in [-0.4, -0.2) is 9.55 Å². The Morgan fingerprint density at radius 2 is 0.974 bits per heavy atom. The Hall–Kier alpha value is -6.42. The summed E-state index contributed by atoms with van der Waals surface area (Å²) in [5.74, 6) is 2.09. The molecular weight excluding hydrogens is 1120 g/mol. The molecule has 0 N–H and O–H groups in total. The van der Waals surface area contributed by atoms with Crippen molar-refractivity contribution in [2.24, 2.45) is 0 Å². The van der Waals surface area contributed by atoms with Gasteiger partial charge in [0.25, 0.3) is 0 Å². The summed E-state index contributed by atoms with van der Waals surface area (Å²) in [6.07, 6.45) is 1.93. The van der Waals surface area contributed by atoms with Crippen molar-refractivity contribution in [1.29, 1.82) is 0 Å². The first kappa shape index (κ1) is 56.8. The first-order valence-corrected chi connectivity index (χ1v) is 26.8. The molecule has 0 atom stereocenters. The van der Waals surface area contributed by atoms with Crippen LogP contribution < -0.4 is 14.5 Å². The summed E-state index contributed by atoms with van der Waals surface area (Å²) in [5.41, 5.74) is 15.2. The molecule has 0 saturated heterocycles. The van der Waals surface area contributed by atoms with Gasteiger partial charge in [0.15, 0.2) is 0 Å². The molecule has 398 valence electrons. The zero-order chi connectivity index (χ0) is 53.6. The summed E-state index contributed by atoms with van der Waals surface area (Å²) in [4.78, 5) is 9.68. The first-order valence-electron chi connectivity index (χ1n) is 26.8. The molecule has 7 aromatic carbocycles. The molecule has 0 saturated carbocycles. The Morgan fingerprint density at radius 3 is 1.55 bits per heavy atom.